The zero-order valence-electron chi connectivity index (χ0n) is 46.5. The summed E-state index contributed by atoms with van der Waals surface area (Å²) in [6, 6.07) is 0. The summed E-state index contributed by atoms with van der Waals surface area (Å²) in [5.74, 6) is -5.33. The number of hydrogen-bond acceptors (Lipinski definition) is 30. The number of rotatable bonds is 33. The Labute approximate surface area is 485 Å². The van der Waals surface area contributed by atoms with Gasteiger partial charge in [-0.05, 0) is 19.8 Å². The standard InChI is InChI=1S/C49H81N7O29/c1-23-24(59)16-25(60)46(80-23)77-14-12-53-29(61)4-2-9-50-31(63)17-55(19-33(65)52-11-8-36(68)85-56-34(66)6-7-35(56)67)18-32(64)51-10-3-5-30(62)54-13-15-78-48-44(76)45(84-49-43(75)41(73)38(70)27(21-58)82-49)39(71)28(83-48)22-79-47-42(74)40(72)37(69)26(20-57)81-47/h23-28,37-49,57-60,69-76H,2-22H2,1H3,(H,50,63)(H,51,64)(H,52,65)(H,53,61)(H,54,62)/t23-,24-,25-,26+,27+,28+,37+,38+,39+,40-,41-,42-,43-,44-,45-,46+,47-,48-,49+/m0/s1. The number of amides is 7. The van der Waals surface area contributed by atoms with E-state index in [1.807, 2.05) is 0 Å². The van der Waals surface area contributed by atoms with Crippen molar-refractivity contribution in [2.75, 3.05) is 85.4 Å². The van der Waals surface area contributed by atoms with E-state index >= 15 is 0 Å². The molecule has 7 amide bonds. The van der Waals surface area contributed by atoms with Gasteiger partial charge in [-0.25, -0.2) is 4.79 Å². The van der Waals surface area contributed by atoms with Gasteiger partial charge in [0.15, 0.2) is 25.2 Å². The fourth-order valence-electron chi connectivity index (χ4n) is 9.08. The number of carbonyl (C=O) groups excluding carboxylic acids is 8. The normalized spacial score (nSPS) is 33.3. The molecule has 5 heterocycles. The van der Waals surface area contributed by atoms with E-state index in [0.29, 0.717) is 5.06 Å². The van der Waals surface area contributed by atoms with Gasteiger partial charge in [0.05, 0.1) is 71.3 Å². The Bertz CT molecular complexity index is 2160. The summed E-state index contributed by atoms with van der Waals surface area (Å²) in [6.45, 7) is -3.12. The number of hydrogen-bond donors (Lipinski definition) is 17. The molecule has 36 heteroatoms. The average Bonchev–Trinajstić information content (AvgIpc) is 4.00. The summed E-state index contributed by atoms with van der Waals surface area (Å²) in [5, 5.41) is 137. The van der Waals surface area contributed by atoms with E-state index in [1.165, 1.54) is 4.90 Å². The van der Waals surface area contributed by atoms with Gasteiger partial charge in [0.1, 0.15) is 79.4 Å². The molecule has 17 N–H and O–H groups in total. The molecule has 0 radical (unpaired) electrons. The quantitative estimate of drug-likeness (QED) is 0.0214. The smallest absolute Gasteiger partial charge is 0.334 e. The highest BCUT2D eigenvalue weighted by Gasteiger charge is 2.52. The molecule has 0 aliphatic carbocycles. The predicted molar refractivity (Wildman–Crippen MR) is 274 cm³/mol. The second kappa shape index (κ2) is 35.2. The van der Waals surface area contributed by atoms with Gasteiger partial charge in [-0.2, -0.15) is 0 Å². The van der Waals surface area contributed by atoms with Crippen molar-refractivity contribution in [3.8, 4) is 0 Å². The van der Waals surface area contributed by atoms with Crippen molar-refractivity contribution in [3.05, 3.63) is 0 Å². The van der Waals surface area contributed by atoms with Gasteiger partial charge in [0.25, 0.3) is 11.8 Å². The Hall–Kier alpha value is -4.88. The minimum Gasteiger partial charge on any atom is -0.394 e. The first-order valence-corrected chi connectivity index (χ1v) is 27.7. The lowest BCUT2D eigenvalue weighted by molar-refractivity contribution is -0.366. The summed E-state index contributed by atoms with van der Waals surface area (Å²) >= 11 is 0. The third-order valence-electron chi connectivity index (χ3n) is 13.9. The number of aliphatic hydroxyl groups is 12. The first-order valence-electron chi connectivity index (χ1n) is 27.7. The Morgan fingerprint density at radius 3 is 1.49 bits per heavy atom. The second-order valence-electron chi connectivity index (χ2n) is 20.6. The van der Waals surface area contributed by atoms with Crippen LogP contribution in [0.2, 0.25) is 0 Å². The molecule has 0 bridgehead atoms. The number of nitrogens with zero attached hydrogens (tertiary/aromatic N) is 2. The van der Waals surface area contributed by atoms with Crippen LogP contribution in [0.3, 0.4) is 0 Å². The van der Waals surface area contributed by atoms with Gasteiger partial charge >= 0.3 is 5.97 Å². The third kappa shape index (κ3) is 21.7. The number of carbonyl (C=O) groups is 8. The van der Waals surface area contributed by atoms with Crippen LogP contribution in [0.25, 0.3) is 0 Å². The number of ether oxygens (including phenoxy) is 8. The molecule has 5 saturated heterocycles. The van der Waals surface area contributed by atoms with Crippen LogP contribution in [0.5, 0.6) is 0 Å². The summed E-state index contributed by atoms with van der Waals surface area (Å²) in [4.78, 5) is 106. The highest BCUT2D eigenvalue weighted by atomic mass is 16.8. The lowest BCUT2D eigenvalue weighted by Crippen LogP contribution is -2.65. The fraction of sp³-hybridized carbons (Fsp3) is 0.837. The Kier molecular flexibility index (Phi) is 29.4. The van der Waals surface area contributed by atoms with E-state index in [2.05, 4.69) is 26.6 Å². The Morgan fingerprint density at radius 1 is 0.506 bits per heavy atom. The number of hydroxylamine groups is 2. The van der Waals surface area contributed by atoms with Crippen LogP contribution in [-0.2, 0) is 81.1 Å². The maximum Gasteiger partial charge on any atom is 0.334 e. The predicted octanol–water partition coefficient (Wildman–Crippen LogP) is -11.2. The molecule has 36 nitrogen and oxygen atoms in total. The van der Waals surface area contributed by atoms with Crippen LogP contribution in [0.15, 0.2) is 0 Å². The van der Waals surface area contributed by atoms with Gasteiger partial charge in [-0.1, -0.05) is 0 Å². The van der Waals surface area contributed by atoms with Crippen LogP contribution in [0, 0.1) is 0 Å². The minimum absolute atomic E-state index is 0.00589. The molecule has 5 rings (SSSR count). The lowest BCUT2D eigenvalue weighted by Gasteiger charge is -2.46. The van der Waals surface area contributed by atoms with E-state index < -0.39 is 204 Å². The molecule has 0 unspecified atom stereocenters. The van der Waals surface area contributed by atoms with Crippen molar-refractivity contribution < 1.29 is 142 Å². The van der Waals surface area contributed by atoms with Crippen LogP contribution in [0.4, 0.5) is 0 Å². The number of nitrogens with one attached hydrogen (secondary N) is 5. The van der Waals surface area contributed by atoms with Crippen LogP contribution >= 0.6 is 0 Å². The zero-order valence-corrected chi connectivity index (χ0v) is 46.5. The molecule has 19 atom stereocenters. The van der Waals surface area contributed by atoms with Crippen LogP contribution < -0.4 is 26.6 Å². The van der Waals surface area contributed by atoms with Gasteiger partial charge in [0.2, 0.25) is 29.5 Å². The van der Waals surface area contributed by atoms with Gasteiger partial charge in [0, 0.05) is 64.8 Å². The van der Waals surface area contributed by atoms with E-state index in [-0.39, 0.29) is 96.8 Å². The van der Waals surface area contributed by atoms with E-state index in [9.17, 15) is 99.6 Å². The van der Waals surface area contributed by atoms with Crippen molar-refractivity contribution in [2.24, 2.45) is 0 Å². The molecule has 0 aromatic rings. The summed E-state index contributed by atoms with van der Waals surface area (Å²) in [5.41, 5.74) is 0. The monoisotopic (exact) mass is 1230 g/mol. The Balaban J connectivity index is 1.06. The molecule has 85 heavy (non-hydrogen) atoms. The molecule has 5 fully saturated rings. The zero-order chi connectivity index (χ0) is 62.5. The van der Waals surface area contributed by atoms with E-state index in [4.69, 9.17) is 42.7 Å². The van der Waals surface area contributed by atoms with E-state index in [0.717, 1.165) is 0 Å². The molecular weight excluding hydrogens is 1150 g/mol. The second-order valence-corrected chi connectivity index (χ2v) is 20.6. The molecule has 0 aromatic heterocycles. The van der Waals surface area contributed by atoms with Crippen molar-refractivity contribution >= 4 is 47.3 Å². The van der Waals surface area contributed by atoms with Crippen LogP contribution in [-0.4, -0.2) is 321 Å². The van der Waals surface area contributed by atoms with Crippen molar-refractivity contribution in [1.82, 2.24) is 36.5 Å². The minimum atomic E-state index is -1.98. The largest absolute Gasteiger partial charge is 0.394 e. The fourth-order valence-corrected chi connectivity index (χ4v) is 9.08. The average molecular weight is 1230 g/mol. The molecule has 486 valence electrons. The van der Waals surface area contributed by atoms with Crippen LogP contribution in [0.1, 0.15) is 58.3 Å². The summed E-state index contributed by atoms with van der Waals surface area (Å²) in [6.07, 6.45) is -30.3. The molecular formula is C49H81N7O29. The Morgan fingerprint density at radius 2 is 0.965 bits per heavy atom. The molecule has 5 aliphatic rings. The first kappa shape index (κ1) is 70.9. The highest BCUT2D eigenvalue weighted by Crippen LogP contribution is 2.31. The molecule has 5 aliphatic heterocycles. The highest BCUT2D eigenvalue weighted by molar-refractivity contribution is 6.01. The van der Waals surface area contributed by atoms with Gasteiger partial charge in [-0.3, -0.25) is 38.5 Å². The van der Waals surface area contributed by atoms with Crippen molar-refractivity contribution in [3.63, 3.8) is 0 Å². The number of aliphatic hydroxyl groups excluding tert-OH is 12. The third-order valence-corrected chi connectivity index (χ3v) is 13.9. The van der Waals surface area contributed by atoms with Crippen molar-refractivity contribution in [2.45, 2.75) is 175 Å². The molecule has 0 saturated carbocycles. The number of imide groups is 1. The van der Waals surface area contributed by atoms with E-state index in [1.54, 1.807) is 6.92 Å². The SMILES string of the molecule is C[C@@H]1O[C@@H](OCCNC(=O)CCCNC(=O)CN(CC(=O)NCCCC(=O)NCCO[C@H]2O[C@H](CO[C@H]3O[C@H](CO)[C@@H](O)[C@H](O)[C@@H]3O)[C@@H](O)[C@H](O[C@H]3O[C@H](CO)[C@@H](O)[C@H](O)[C@@H]3O)[C@@H]2O)CC(=O)NCCC(=O)ON2C(=O)CCC2=O)[C@@H](O)C[C@@H]1O. The van der Waals surface area contributed by atoms with Crippen molar-refractivity contribution in [1.29, 1.82) is 0 Å². The maximum absolute atomic E-state index is 13.1. The lowest BCUT2D eigenvalue weighted by atomic mass is 9.96. The summed E-state index contributed by atoms with van der Waals surface area (Å²) < 4.78 is 44.2. The topological polar surface area (TPSA) is 529 Å². The summed E-state index contributed by atoms with van der Waals surface area (Å²) in [7, 11) is 0. The van der Waals surface area contributed by atoms with Gasteiger partial charge < -0.3 is 131 Å². The maximum atomic E-state index is 13.1. The molecule has 0 aromatic carbocycles. The molecule has 0 spiro atoms. The van der Waals surface area contributed by atoms with Gasteiger partial charge in [-0.15, -0.1) is 5.06 Å². The first-order chi connectivity index (χ1) is 40.4.